The molecule has 2 amide bonds. The second-order valence-corrected chi connectivity index (χ2v) is 8.91. The highest BCUT2D eigenvalue weighted by molar-refractivity contribution is 5.96. The highest BCUT2D eigenvalue weighted by atomic mass is 16.2. The normalized spacial score (nSPS) is 13.8. The maximum atomic E-state index is 13.2. The summed E-state index contributed by atoms with van der Waals surface area (Å²) < 4.78 is 1.96. The third-order valence-electron chi connectivity index (χ3n) is 5.95. The van der Waals surface area contributed by atoms with Crippen molar-refractivity contribution in [1.82, 2.24) is 24.4 Å². The number of pyridine rings is 2. The van der Waals surface area contributed by atoms with E-state index in [2.05, 4.69) is 39.0 Å². The fraction of sp³-hybridized carbons (Fsp3) is 0.400. The minimum Gasteiger partial charge on any atom is -0.380 e. The smallest absolute Gasteiger partial charge is 0.272 e. The van der Waals surface area contributed by atoms with E-state index in [1.807, 2.05) is 22.9 Å². The van der Waals surface area contributed by atoms with Crippen LogP contribution in [0.2, 0.25) is 0 Å². The van der Waals surface area contributed by atoms with Gasteiger partial charge in [0.25, 0.3) is 11.8 Å². The molecular weight excluding hydrogens is 444 g/mol. The second-order valence-electron chi connectivity index (χ2n) is 8.91. The monoisotopic (exact) mass is 476 g/mol. The summed E-state index contributed by atoms with van der Waals surface area (Å²) >= 11 is 0. The largest absolute Gasteiger partial charge is 0.380 e. The molecule has 3 aromatic rings. The molecule has 0 unspecified atom stereocenters. The van der Waals surface area contributed by atoms with E-state index < -0.39 is 5.91 Å². The maximum Gasteiger partial charge on any atom is 0.272 e. The van der Waals surface area contributed by atoms with Crippen LogP contribution in [-0.2, 0) is 13.0 Å². The number of aryl methyl sites for hydroxylation is 2. The summed E-state index contributed by atoms with van der Waals surface area (Å²) in [4.78, 5) is 42.3. The number of piperazine rings is 1. The van der Waals surface area contributed by atoms with Gasteiger partial charge in [-0.2, -0.15) is 0 Å². The van der Waals surface area contributed by atoms with Gasteiger partial charge in [-0.1, -0.05) is 0 Å². The van der Waals surface area contributed by atoms with Crippen molar-refractivity contribution in [3.05, 3.63) is 66.1 Å². The zero-order valence-corrected chi connectivity index (χ0v) is 20.2. The Bertz CT molecular complexity index is 1150. The first-order valence-corrected chi connectivity index (χ1v) is 11.9. The number of hydrogen-bond donors (Lipinski definition) is 2. The SMILES string of the molecule is CC(C)Nc1cccnc1N1CCN(C(=O)c2ccc(C(N)=O)c(CCCn3ccnc3)n2)CC1. The number of anilines is 2. The summed E-state index contributed by atoms with van der Waals surface area (Å²) in [5.41, 5.74) is 7.80. The van der Waals surface area contributed by atoms with Crippen LogP contribution in [0, 0.1) is 0 Å². The first-order chi connectivity index (χ1) is 16.9. The third kappa shape index (κ3) is 5.95. The summed E-state index contributed by atoms with van der Waals surface area (Å²) in [6.45, 7) is 7.39. The molecule has 4 heterocycles. The van der Waals surface area contributed by atoms with Gasteiger partial charge in [0.1, 0.15) is 5.69 Å². The van der Waals surface area contributed by atoms with Crippen LogP contribution in [0.15, 0.2) is 49.2 Å². The van der Waals surface area contributed by atoms with Gasteiger partial charge in [-0.25, -0.2) is 15.0 Å². The summed E-state index contributed by atoms with van der Waals surface area (Å²) in [6, 6.07) is 7.45. The predicted octanol–water partition coefficient (Wildman–Crippen LogP) is 2.19. The highest BCUT2D eigenvalue weighted by Crippen LogP contribution is 2.25. The summed E-state index contributed by atoms with van der Waals surface area (Å²) in [6.07, 6.45) is 8.43. The molecule has 1 saturated heterocycles. The Labute approximate surface area is 205 Å². The second kappa shape index (κ2) is 11.0. The van der Waals surface area contributed by atoms with Crippen LogP contribution in [0.25, 0.3) is 0 Å². The number of aromatic nitrogens is 4. The molecule has 10 heteroatoms. The molecule has 35 heavy (non-hydrogen) atoms. The van der Waals surface area contributed by atoms with Gasteiger partial charge < -0.3 is 25.4 Å². The fourth-order valence-corrected chi connectivity index (χ4v) is 4.24. The van der Waals surface area contributed by atoms with Gasteiger partial charge in [0.2, 0.25) is 0 Å². The lowest BCUT2D eigenvalue weighted by molar-refractivity contribution is 0.0739. The van der Waals surface area contributed by atoms with Crippen LogP contribution in [0.1, 0.15) is 46.8 Å². The van der Waals surface area contributed by atoms with Crippen molar-refractivity contribution < 1.29 is 9.59 Å². The average Bonchev–Trinajstić information content (AvgIpc) is 3.37. The molecule has 4 rings (SSSR count). The molecule has 0 atom stereocenters. The fourth-order valence-electron chi connectivity index (χ4n) is 4.24. The van der Waals surface area contributed by atoms with Crippen molar-refractivity contribution in [2.45, 2.75) is 39.3 Å². The molecule has 0 bridgehead atoms. The topological polar surface area (TPSA) is 122 Å². The van der Waals surface area contributed by atoms with Gasteiger partial charge in [-0.05, 0) is 51.0 Å². The molecule has 0 aromatic carbocycles. The summed E-state index contributed by atoms with van der Waals surface area (Å²) in [7, 11) is 0. The standard InChI is InChI=1S/C25H32N8O2/c1-18(2)29-21-5-3-9-28-24(21)32-13-15-33(16-14-32)25(35)22-8-7-19(23(26)34)20(30-22)6-4-11-31-12-10-27-17-31/h3,5,7-10,12,17-18,29H,4,6,11,13-16H2,1-2H3,(H2,26,34). The Balaban J connectivity index is 1.42. The molecule has 3 aromatic heterocycles. The van der Waals surface area contributed by atoms with Crippen molar-refractivity contribution in [3.8, 4) is 0 Å². The number of carbonyl (C=O) groups excluding carboxylic acids is 2. The Kier molecular flexibility index (Phi) is 7.59. The van der Waals surface area contributed by atoms with Crippen molar-refractivity contribution >= 4 is 23.3 Å². The van der Waals surface area contributed by atoms with Crippen LogP contribution in [0.4, 0.5) is 11.5 Å². The van der Waals surface area contributed by atoms with Gasteiger partial charge in [-0.3, -0.25) is 9.59 Å². The van der Waals surface area contributed by atoms with Crippen molar-refractivity contribution in [2.75, 3.05) is 36.4 Å². The lowest BCUT2D eigenvalue weighted by atomic mass is 10.1. The summed E-state index contributed by atoms with van der Waals surface area (Å²) in [5.74, 6) is 0.222. The van der Waals surface area contributed by atoms with E-state index in [1.54, 1.807) is 35.8 Å². The minimum atomic E-state index is -0.538. The van der Waals surface area contributed by atoms with Crippen molar-refractivity contribution in [2.24, 2.45) is 5.73 Å². The number of carbonyl (C=O) groups is 2. The quantitative estimate of drug-likeness (QED) is 0.485. The number of hydrogen-bond acceptors (Lipinski definition) is 7. The number of nitrogens with one attached hydrogen (secondary N) is 1. The Morgan fingerprint density at radius 3 is 2.60 bits per heavy atom. The van der Waals surface area contributed by atoms with Crippen molar-refractivity contribution in [3.63, 3.8) is 0 Å². The maximum absolute atomic E-state index is 13.2. The van der Waals surface area contributed by atoms with Crippen LogP contribution in [0.5, 0.6) is 0 Å². The predicted molar refractivity (Wildman–Crippen MR) is 134 cm³/mol. The molecule has 0 radical (unpaired) electrons. The van der Waals surface area contributed by atoms with E-state index in [0.29, 0.717) is 55.6 Å². The van der Waals surface area contributed by atoms with Crippen LogP contribution < -0.4 is 16.0 Å². The Morgan fingerprint density at radius 2 is 1.91 bits per heavy atom. The zero-order valence-electron chi connectivity index (χ0n) is 20.2. The van der Waals surface area contributed by atoms with E-state index >= 15 is 0 Å². The molecule has 1 aliphatic rings. The number of amides is 2. The number of imidazole rings is 1. The van der Waals surface area contributed by atoms with Crippen molar-refractivity contribution in [1.29, 1.82) is 0 Å². The van der Waals surface area contributed by atoms with Gasteiger partial charge in [0.05, 0.1) is 23.3 Å². The summed E-state index contributed by atoms with van der Waals surface area (Å²) in [5, 5.41) is 3.44. The van der Waals surface area contributed by atoms with Crippen LogP contribution >= 0.6 is 0 Å². The van der Waals surface area contributed by atoms with E-state index in [0.717, 1.165) is 24.5 Å². The van der Waals surface area contributed by atoms with Gasteiger partial charge in [-0.15, -0.1) is 0 Å². The first-order valence-electron chi connectivity index (χ1n) is 11.9. The molecular formula is C25H32N8O2. The van der Waals surface area contributed by atoms with Gasteiger partial charge in [0, 0.05) is 57.4 Å². The number of primary amides is 1. The van der Waals surface area contributed by atoms with E-state index in [9.17, 15) is 9.59 Å². The van der Waals surface area contributed by atoms with E-state index in [1.165, 1.54) is 0 Å². The van der Waals surface area contributed by atoms with Gasteiger partial charge >= 0.3 is 0 Å². The Morgan fingerprint density at radius 1 is 1.11 bits per heavy atom. The molecule has 0 saturated carbocycles. The van der Waals surface area contributed by atoms with E-state index in [-0.39, 0.29) is 5.91 Å². The third-order valence-corrected chi connectivity index (χ3v) is 5.95. The average molecular weight is 477 g/mol. The van der Waals surface area contributed by atoms with Crippen LogP contribution in [0.3, 0.4) is 0 Å². The first kappa shape index (κ1) is 24.2. The van der Waals surface area contributed by atoms with Gasteiger partial charge in [0.15, 0.2) is 5.82 Å². The zero-order chi connectivity index (χ0) is 24.8. The minimum absolute atomic E-state index is 0.141. The molecule has 0 spiro atoms. The van der Waals surface area contributed by atoms with E-state index in [4.69, 9.17) is 5.73 Å². The highest BCUT2D eigenvalue weighted by Gasteiger charge is 2.26. The number of nitrogens with zero attached hydrogens (tertiary/aromatic N) is 6. The number of nitrogens with two attached hydrogens (primary N) is 1. The molecule has 1 fully saturated rings. The molecule has 184 valence electrons. The molecule has 10 nitrogen and oxygen atoms in total. The lowest BCUT2D eigenvalue weighted by Gasteiger charge is -2.36. The lowest BCUT2D eigenvalue weighted by Crippen LogP contribution is -2.49. The number of rotatable bonds is 9. The Hall–Kier alpha value is -3.95. The molecule has 3 N–H and O–H groups in total. The molecule has 1 aliphatic heterocycles. The van der Waals surface area contributed by atoms with Crippen LogP contribution in [-0.4, -0.2) is 68.5 Å². The molecule has 0 aliphatic carbocycles.